The zero-order valence-electron chi connectivity index (χ0n) is 12.8. The Morgan fingerprint density at radius 3 is 2.67 bits per heavy atom. The van der Waals surface area contributed by atoms with Gasteiger partial charge in [-0.2, -0.15) is 0 Å². The van der Waals surface area contributed by atoms with E-state index in [1.165, 1.54) is 0 Å². The predicted octanol–water partition coefficient (Wildman–Crippen LogP) is 4.15. The molecule has 24 heavy (non-hydrogen) atoms. The highest BCUT2D eigenvalue weighted by Crippen LogP contribution is 2.29. The van der Waals surface area contributed by atoms with Gasteiger partial charge in [0.15, 0.2) is 0 Å². The minimum Gasteiger partial charge on any atom is -0.493 e. The molecule has 7 heteroatoms. The third kappa shape index (κ3) is 3.62. The second-order valence-corrected chi connectivity index (χ2v) is 5.72. The van der Waals surface area contributed by atoms with Crippen molar-refractivity contribution in [2.24, 2.45) is 0 Å². The van der Waals surface area contributed by atoms with Gasteiger partial charge >= 0.3 is 6.01 Å². The maximum Gasteiger partial charge on any atom is 0.322 e. The molecule has 122 valence electrons. The number of aromatic nitrogens is 2. The van der Waals surface area contributed by atoms with Crippen molar-refractivity contribution in [3.8, 4) is 17.2 Å². The average Bonchev–Trinajstić information content (AvgIpc) is 3.04. The molecule has 1 amide bonds. The number of halogens is 1. The summed E-state index contributed by atoms with van der Waals surface area (Å²) in [5.74, 6) is 0.607. The van der Waals surface area contributed by atoms with Crippen LogP contribution in [-0.4, -0.2) is 22.7 Å². The van der Waals surface area contributed by atoms with Gasteiger partial charge in [-0.1, -0.05) is 33.2 Å². The van der Waals surface area contributed by atoms with Crippen molar-refractivity contribution >= 4 is 27.9 Å². The van der Waals surface area contributed by atoms with E-state index in [2.05, 4.69) is 31.4 Å². The van der Waals surface area contributed by atoms with Crippen molar-refractivity contribution in [3.05, 3.63) is 58.6 Å². The van der Waals surface area contributed by atoms with Gasteiger partial charge in [0.1, 0.15) is 5.75 Å². The number of amides is 1. The number of nitrogens with zero attached hydrogens (tertiary/aromatic N) is 2. The Labute approximate surface area is 147 Å². The van der Waals surface area contributed by atoms with Gasteiger partial charge in [0, 0.05) is 10.0 Å². The van der Waals surface area contributed by atoms with Crippen LogP contribution in [0.4, 0.5) is 6.01 Å². The molecule has 0 saturated carbocycles. The lowest BCUT2D eigenvalue weighted by Gasteiger charge is -2.06. The first-order valence-electron chi connectivity index (χ1n) is 7.30. The van der Waals surface area contributed by atoms with Crippen LogP contribution in [0.15, 0.2) is 57.4 Å². The standard InChI is InChI=1S/C17H14BrN3O3/c1-2-23-14-6-4-3-5-13(14)16-20-21-17(24-16)19-15(22)11-7-9-12(18)10-8-11/h3-10H,2H2,1H3,(H,19,21,22). The first kappa shape index (κ1) is 16.2. The van der Waals surface area contributed by atoms with Crippen molar-refractivity contribution in [1.29, 1.82) is 0 Å². The quantitative estimate of drug-likeness (QED) is 0.711. The zero-order valence-corrected chi connectivity index (χ0v) is 14.4. The predicted molar refractivity (Wildman–Crippen MR) is 93.0 cm³/mol. The molecule has 0 atom stereocenters. The van der Waals surface area contributed by atoms with Gasteiger partial charge in [-0.15, -0.1) is 5.10 Å². The third-order valence-corrected chi connectivity index (χ3v) is 3.70. The highest BCUT2D eigenvalue weighted by Gasteiger charge is 2.15. The number of anilines is 1. The van der Waals surface area contributed by atoms with Crippen LogP contribution in [0.3, 0.4) is 0 Å². The van der Waals surface area contributed by atoms with Crippen LogP contribution >= 0.6 is 15.9 Å². The zero-order chi connectivity index (χ0) is 16.9. The summed E-state index contributed by atoms with van der Waals surface area (Å²) in [5.41, 5.74) is 1.17. The smallest absolute Gasteiger partial charge is 0.322 e. The Balaban J connectivity index is 1.79. The molecule has 2 aromatic carbocycles. The molecule has 0 saturated heterocycles. The van der Waals surface area contributed by atoms with E-state index in [1.54, 1.807) is 24.3 Å². The van der Waals surface area contributed by atoms with Crippen LogP contribution in [0.1, 0.15) is 17.3 Å². The van der Waals surface area contributed by atoms with Crippen LogP contribution < -0.4 is 10.1 Å². The topological polar surface area (TPSA) is 77.3 Å². The number of hydrogen-bond acceptors (Lipinski definition) is 5. The third-order valence-electron chi connectivity index (χ3n) is 3.17. The SMILES string of the molecule is CCOc1ccccc1-c1nnc(NC(=O)c2ccc(Br)cc2)o1. The Morgan fingerprint density at radius 1 is 1.17 bits per heavy atom. The number of rotatable bonds is 5. The summed E-state index contributed by atoms with van der Waals surface area (Å²) in [4.78, 5) is 12.2. The van der Waals surface area contributed by atoms with Gasteiger partial charge in [-0.25, -0.2) is 0 Å². The molecule has 0 unspecified atom stereocenters. The Kier molecular flexibility index (Phi) is 4.90. The van der Waals surface area contributed by atoms with Crippen LogP contribution in [0.5, 0.6) is 5.75 Å². The highest BCUT2D eigenvalue weighted by atomic mass is 79.9. The summed E-state index contributed by atoms with van der Waals surface area (Å²) in [6.45, 7) is 2.42. The molecule has 6 nitrogen and oxygen atoms in total. The molecule has 3 rings (SSSR count). The fraction of sp³-hybridized carbons (Fsp3) is 0.118. The molecular formula is C17H14BrN3O3. The van der Waals surface area contributed by atoms with Gasteiger partial charge in [-0.05, 0) is 43.3 Å². The number of hydrogen-bond donors (Lipinski definition) is 1. The fourth-order valence-electron chi connectivity index (χ4n) is 2.08. The van der Waals surface area contributed by atoms with E-state index in [4.69, 9.17) is 9.15 Å². The van der Waals surface area contributed by atoms with Gasteiger partial charge in [-0.3, -0.25) is 10.1 Å². The first-order chi connectivity index (χ1) is 11.7. The first-order valence-corrected chi connectivity index (χ1v) is 8.09. The monoisotopic (exact) mass is 387 g/mol. The maximum atomic E-state index is 12.2. The van der Waals surface area contributed by atoms with Crippen LogP contribution in [-0.2, 0) is 0 Å². The summed E-state index contributed by atoms with van der Waals surface area (Å²) in [6.07, 6.45) is 0. The summed E-state index contributed by atoms with van der Waals surface area (Å²) < 4.78 is 12.0. The molecular weight excluding hydrogens is 374 g/mol. The minimum atomic E-state index is -0.323. The lowest BCUT2D eigenvalue weighted by Crippen LogP contribution is -2.11. The summed E-state index contributed by atoms with van der Waals surface area (Å²) >= 11 is 3.33. The van der Waals surface area contributed by atoms with E-state index in [1.807, 2.05) is 31.2 Å². The lowest BCUT2D eigenvalue weighted by molar-refractivity contribution is 0.102. The van der Waals surface area contributed by atoms with Crippen LogP contribution in [0.2, 0.25) is 0 Å². The van der Waals surface area contributed by atoms with Gasteiger partial charge in [0.05, 0.1) is 12.2 Å². The molecule has 0 radical (unpaired) electrons. The summed E-state index contributed by atoms with van der Waals surface area (Å²) in [5, 5.41) is 10.4. The number of carbonyl (C=O) groups excluding carboxylic acids is 1. The average molecular weight is 388 g/mol. The van der Waals surface area contributed by atoms with Gasteiger partial charge < -0.3 is 9.15 Å². The van der Waals surface area contributed by atoms with Gasteiger partial charge in [0.2, 0.25) is 0 Å². The van der Waals surface area contributed by atoms with E-state index in [-0.39, 0.29) is 17.8 Å². The largest absolute Gasteiger partial charge is 0.493 e. The molecule has 0 aliphatic rings. The Hall–Kier alpha value is -2.67. The Morgan fingerprint density at radius 2 is 1.92 bits per heavy atom. The minimum absolute atomic E-state index is 0.0317. The molecule has 1 N–H and O–H groups in total. The van der Waals surface area contributed by atoms with E-state index in [0.717, 1.165) is 4.47 Å². The fourth-order valence-corrected chi connectivity index (χ4v) is 2.34. The van der Waals surface area contributed by atoms with E-state index in [0.29, 0.717) is 23.5 Å². The van der Waals surface area contributed by atoms with Crippen LogP contribution in [0.25, 0.3) is 11.5 Å². The van der Waals surface area contributed by atoms with Crippen molar-refractivity contribution in [3.63, 3.8) is 0 Å². The number of nitrogens with one attached hydrogen (secondary N) is 1. The molecule has 1 heterocycles. The normalized spacial score (nSPS) is 10.4. The number of carbonyl (C=O) groups is 1. The number of benzene rings is 2. The molecule has 0 spiro atoms. The molecule has 3 aromatic rings. The molecule has 0 bridgehead atoms. The maximum absolute atomic E-state index is 12.2. The second kappa shape index (κ2) is 7.27. The number of ether oxygens (including phenoxy) is 1. The molecule has 1 aromatic heterocycles. The van der Waals surface area contributed by atoms with Crippen LogP contribution in [0, 0.1) is 0 Å². The second-order valence-electron chi connectivity index (χ2n) is 4.80. The van der Waals surface area contributed by atoms with E-state index >= 15 is 0 Å². The van der Waals surface area contributed by atoms with Crippen molar-refractivity contribution in [2.75, 3.05) is 11.9 Å². The van der Waals surface area contributed by atoms with Crippen molar-refractivity contribution in [2.45, 2.75) is 6.92 Å². The van der Waals surface area contributed by atoms with Gasteiger partial charge in [0.25, 0.3) is 11.8 Å². The summed E-state index contributed by atoms with van der Waals surface area (Å²) in [6, 6.07) is 14.3. The summed E-state index contributed by atoms with van der Waals surface area (Å²) in [7, 11) is 0. The molecule has 0 fully saturated rings. The van der Waals surface area contributed by atoms with E-state index in [9.17, 15) is 4.79 Å². The van der Waals surface area contributed by atoms with Crippen molar-refractivity contribution in [1.82, 2.24) is 10.2 Å². The number of para-hydroxylation sites is 1. The highest BCUT2D eigenvalue weighted by molar-refractivity contribution is 9.10. The lowest BCUT2D eigenvalue weighted by atomic mass is 10.2. The molecule has 0 aliphatic heterocycles. The molecule has 0 aliphatic carbocycles. The Bertz CT molecular complexity index is 846. The van der Waals surface area contributed by atoms with Crippen molar-refractivity contribution < 1.29 is 13.9 Å². The van der Waals surface area contributed by atoms with E-state index < -0.39 is 0 Å².